The fraction of sp³-hybridized carbons (Fsp3) is 0.333. The molecule has 2 rings (SSSR count). The Hall–Kier alpha value is -1.61. The fourth-order valence-electron chi connectivity index (χ4n) is 1.75. The first kappa shape index (κ1) is 13.8. The van der Waals surface area contributed by atoms with Crippen LogP contribution in [-0.2, 0) is 0 Å². The summed E-state index contributed by atoms with van der Waals surface area (Å²) in [5, 5.41) is 3.83. The van der Waals surface area contributed by atoms with Gasteiger partial charge in [-0.05, 0) is 18.6 Å². The molecular weight excluding hydrogens is 258 g/mol. The molecule has 1 aromatic heterocycles. The van der Waals surface area contributed by atoms with E-state index >= 15 is 0 Å². The molecule has 0 saturated carbocycles. The second-order valence-electron chi connectivity index (χ2n) is 4.87. The summed E-state index contributed by atoms with van der Waals surface area (Å²) >= 11 is 6.18. The molecular formula is C15H18ClN3. The Balaban J connectivity index is 2.54. The molecule has 1 heterocycles. The van der Waals surface area contributed by atoms with Crippen LogP contribution in [0, 0.1) is 6.92 Å². The number of rotatable bonds is 3. The number of hydrogen-bond acceptors (Lipinski definition) is 3. The van der Waals surface area contributed by atoms with Crippen LogP contribution < -0.4 is 5.32 Å². The number of benzene rings is 1. The second kappa shape index (κ2) is 5.57. The summed E-state index contributed by atoms with van der Waals surface area (Å²) in [6, 6.07) is 7.93. The van der Waals surface area contributed by atoms with Gasteiger partial charge in [-0.2, -0.15) is 0 Å². The lowest BCUT2D eigenvalue weighted by Crippen LogP contribution is -2.03. The van der Waals surface area contributed by atoms with E-state index in [4.69, 9.17) is 11.6 Å². The lowest BCUT2D eigenvalue weighted by molar-refractivity contribution is 0.777. The monoisotopic (exact) mass is 275 g/mol. The summed E-state index contributed by atoms with van der Waals surface area (Å²) in [4.78, 5) is 9.07. The Labute approximate surface area is 119 Å². The van der Waals surface area contributed by atoms with Crippen molar-refractivity contribution in [3.8, 4) is 11.3 Å². The summed E-state index contributed by atoms with van der Waals surface area (Å²) in [5.41, 5.74) is 2.97. The normalized spacial score (nSPS) is 10.8. The van der Waals surface area contributed by atoms with Gasteiger partial charge in [-0.25, -0.2) is 9.97 Å². The van der Waals surface area contributed by atoms with E-state index in [1.165, 1.54) is 0 Å². The van der Waals surface area contributed by atoms with Gasteiger partial charge in [0.1, 0.15) is 11.6 Å². The highest BCUT2D eigenvalue weighted by molar-refractivity contribution is 6.31. The van der Waals surface area contributed by atoms with Crippen molar-refractivity contribution in [1.29, 1.82) is 0 Å². The minimum atomic E-state index is 0.285. The van der Waals surface area contributed by atoms with Gasteiger partial charge in [0.15, 0.2) is 0 Å². The van der Waals surface area contributed by atoms with Crippen LogP contribution in [0.1, 0.15) is 31.2 Å². The number of nitrogens with one attached hydrogen (secondary N) is 1. The van der Waals surface area contributed by atoms with Crippen molar-refractivity contribution in [3.05, 3.63) is 40.7 Å². The Morgan fingerprint density at radius 1 is 1.16 bits per heavy atom. The highest BCUT2D eigenvalue weighted by Gasteiger charge is 2.09. The molecule has 1 aromatic carbocycles. The van der Waals surface area contributed by atoms with Crippen LogP contribution in [-0.4, -0.2) is 17.0 Å². The van der Waals surface area contributed by atoms with Crippen molar-refractivity contribution < 1.29 is 0 Å². The van der Waals surface area contributed by atoms with Crippen molar-refractivity contribution in [2.24, 2.45) is 0 Å². The molecule has 0 aliphatic heterocycles. The second-order valence-corrected chi connectivity index (χ2v) is 5.27. The molecule has 2 aromatic rings. The number of nitrogens with zero attached hydrogens (tertiary/aromatic N) is 2. The standard InChI is InChI=1S/C15H18ClN3/c1-9(2)15-18-13(8-14(17-4)19-15)11-6-5-10(3)12(16)7-11/h5-9H,1-4H3,(H,17,18,19). The van der Waals surface area contributed by atoms with Gasteiger partial charge in [0.25, 0.3) is 0 Å². The van der Waals surface area contributed by atoms with Gasteiger partial charge in [0, 0.05) is 29.6 Å². The molecule has 0 radical (unpaired) electrons. The predicted molar refractivity (Wildman–Crippen MR) is 80.9 cm³/mol. The van der Waals surface area contributed by atoms with Gasteiger partial charge >= 0.3 is 0 Å². The molecule has 0 aliphatic rings. The highest BCUT2D eigenvalue weighted by Crippen LogP contribution is 2.26. The first-order valence-electron chi connectivity index (χ1n) is 6.34. The van der Waals surface area contributed by atoms with E-state index in [9.17, 15) is 0 Å². The SMILES string of the molecule is CNc1cc(-c2ccc(C)c(Cl)c2)nc(C(C)C)n1. The van der Waals surface area contributed by atoms with E-state index in [-0.39, 0.29) is 5.92 Å². The molecule has 0 saturated heterocycles. The number of aromatic nitrogens is 2. The third-order valence-corrected chi connectivity index (χ3v) is 3.39. The largest absolute Gasteiger partial charge is 0.373 e. The summed E-state index contributed by atoms with van der Waals surface area (Å²) in [5.74, 6) is 1.94. The molecule has 0 amide bonds. The summed E-state index contributed by atoms with van der Waals surface area (Å²) in [7, 11) is 1.86. The Bertz CT molecular complexity index is 594. The van der Waals surface area contributed by atoms with Crippen LogP contribution in [0.5, 0.6) is 0 Å². The van der Waals surface area contributed by atoms with Crippen molar-refractivity contribution in [2.75, 3.05) is 12.4 Å². The molecule has 0 unspecified atom stereocenters. The Morgan fingerprint density at radius 2 is 1.89 bits per heavy atom. The smallest absolute Gasteiger partial charge is 0.133 e. The van der Waals surface area contributed by atoms with Gasteiger partial charge < -0.3 is 5.32 Å². The number of hydrogen-bond donors (Lipinski definition) is 1. The van der Waals surface area contributed by atoms with E-state index in [2.05, 4.69) is 29.1 Å². The molecule has 19 heavy (non-hydrogen) atoms. The molecule has 0 bridgehead atoms. The third-order valence-electron chi connectivity index (χ3n) is 2.98. The van der Waals surface area contributed by atoms with E-state index in [0.717, 1.165) is 33.5 Å². The van der Waals surface area contributed by atoms with Crippen LogP contribution in [0.3, 0.4) is 0 Å². The maximum atomic E-state index is 6.18. The quantitative estimate of drug-likeness (QED) is 0.909. The van der Waals surface area contributed by atoms with Crippen molar-refractivity contribution in [2.45, 2.75) is 26.7 Å². The highest BCUT2D eigenvalue weighted by atomic mass is 35.5. The first-order valence-corrected chi connectivity index (χ1v) is 6.72. The van der Waals surface area contributed by atoms with Crippen LogP contribution in [0.2, 0.25) is 5.02 Å². The molecule has 0 aliphatic carbocycles. The van der Waals surface area contributed by atoms with Crippen molar-refractivity contribution in [1.82, 2.24) is 9.97 Å². The van der Waals surface area contributed by atoms with Crippen LogP contribution in [0.15, 0.2) is 24.3 Å². The fourth-order valence-corrected chi connectivity index (χ4v) is 1.93. The number of halogens is 1. The third kappa shape index (κ3) is 3.04. The maximum Gasteiger partial charge on any atom is 0.133 e. The zero-order chi connectivity index (χ0) is 14.0. The molecule has 4 heteroatoms. The van der Waals surface area contributed by atoms with E-state index in [1.807, 2.05) is 38.2 Å². The number of aryl methyl sites for hydroxylation is 1. The molecule has 0 spiro atoms. The van der Waals surface area contributed by atoms with Crippen LogP contribution >= 0.6 is 11.6 Å². The molecule has 1 N–H and O–H groups in total. The van der Waals surface area contributed by atoms with Gasteiger partial charge in [0.2, 0.25) is 0 Å². The molecule has 0 atom stereocenters. The van der Waals surface area contributed by atoms with Gasteiger partial charge in [-0.1, -0.05) is 37.6 Å². The van der Waals surface area contributed by atoms with Crippen LogP contribution in [0.4, 0.5) is 5.82 Å². The van der Waals surface area contributed by atoms with E-state index in [1.54, 1.807) is 0 Å². The number of anilines is 1. The maximum absolute atomic E-state index is 6.18. The average Bonchev–Trinajstić information content (AvgIpc) is 2.41. The van der Waals surface area contributed by atoms with Crippen LogP contribution in [0.25, 0.3) is 11.3 Å². The summed E-state index contributed by atoms with van der Waals surface area (Å²) < 4.78 is 0. The average molecular weight is 276 g/mol. The van der Waals surface area contributed by atoms with E-state index in [0.29, 0.717) is 0 Å². The zero-order valence-corrected chi connectivity index (χ0v) is 12.4. The van der Waals surface area contributed by atoms with E-state index < -0.39 is 0 Å². The minimum absolute atomic E-state index is 0.285. The molecule has 100 valence electrons. The molecule has 0 fully saturated rings. The lowest BCUT2D eigenvalue weighted by atomic mass is 10.1. The topological polar surface area (TPSA) is 37.8 Å². The predicted octanol–water partition coefficient (Wildman–Crippen LogP) is 4.27. The first-order chi connectivity index (χ1) is 9.01. The Morgan fingerprint density at radius 3 is 2.47 bits per heavy atom. The lowest BCUT2D eigenvalue weighted by Gasteiger charge is -2.10. The summed E-state index contributed by atoms with van der Waals surface area (Å²) in [6.07, 6.45) is 0. The van der Waals surface area contributed by atoms with Gasteiger partial charge in [0.05, 0.1) is 5.69 Å². The van der Waals surface area contributed by atoms with Gasteiger partial charge in [-0.3, -0.25) is 0 Å². The Kier molecular flexibility index (Phi) is 4.05. The van der Waals surface area contributed by atoms with Crippen molar-refractivity contribution >= 4 is 17.4 Å². The van der Waals surface area contributed by atoms with Gasteiger partial charge in [-0.15, -0.1) is 0 Å². The minimum Gasteiger partial charge on any atom is -0.373 e. The zero-order valence-electron chi connectivity index (χ0n) is 11.7. The molecule has 3 nitrogen and oxygen atoms in total. The summed E-state index contributed by atoms with van der Waals surface area (Å²) in [6.45, 7) is 6.16. The van der Waals surface area contributed by atoms with Crippen molar-refractivity contribution in [3.63, 3.8) is 0 Å².